The number of rotatable bonds is 6. The van der Waals surface area contributed by atoms with Crippen molar-refractivity contribution < 1.29 is 4.74 Å². The molecule has 2 aromatic rings. The van der Waals surface area contributed by atoms with Gasteiger partial charge in [-0.15, -0.1) is 6.58 Å². The van der Waals surface area contributed by atoms with Gasteiger partial charge in [0.1, 0.15) is 11.3 Å². The van der Waals surface area contributed by atoms with Crippen LogP contribution in [0, 0.1) is 4.77 Å². The molecule has 0 atom stereocenters. The molecule has 0 radical (unpaired) electrons. The van der Waals surface area contributed by atoms with Crippen LogP contribution in [0.3, 0.4) is 0 Å². The van der Waals surface area contributed by atoms with Crippen LogP contribution in [0.5, 0.6) is 5.75 Å². The molecule has 0 fully saturated rings. The predicted molar refractivity (Wildman–Crippen MR) is 81.2 cm³/mol. The minimum absolute atomic E-state index is 0.744. The van der Waals surface area contributed by atoms with Crippen LogP contribution in [0.2, 0.25) is 0 Å². The van der Waals surface area contributed by atoms with E-state index in [-0.39, 0.29) is 0 Å². The molecule has 0 aliphatic rings. The van der Waals surface area contributed by atoms with E-state index in [0.29, 0.717) is 0 Å². The summed E-state index contributed by atoms with van der Waals surface area (Å²) in [6.07, 6.45) is 1.92. The second-order valence-electron chi connectivity index (χ2n) is 3.80. The maximum absolute atomic E-state index is 5.36. The highest BCUT2D eigenvalue weighted by molar-refractivity contribution is 7.99. The summed E-state index contributed by atoms with van der Waals surface area (Å²) in [5.74, 6) is 2.82. The highest BCUT2D eigenvalue weighted by atomic mass is 32.2. The maximum Gasteiger partial charge on any atom is 0.178 e. The number of hydrogen-bond acceptors (Lipinski definition) is 3. The van der Waals surface area contributed by atoms with Crippen molar-refractivity contribution in [3.8, 4) is 5.75 Å². The van der Waals surface area contributed by atoms with Crippen molar-refractivity contribution in [2.75, 3.05) is 18.6 Å². The Labute approximate surface area is 116 Å². The van der Waals surface area contributed by atoms with Gasteiger partial charge in [0.25, 0.3) is 0 Å². The number of methoxy groups -OCH3 is 1. The second-order valence-corrected chi connectivity index (χ2v) is 5.34. The predicted octanol–water partition coefficient (Wildman–Crippen LogP) is 3.63. The average molecular weight is 280 g/mol. The van der Waals surface area contributed by atoms with Crippen molar-refractivity contribution in [3.05, 3.63) is 35.6 Å². The zero-order valence-electron chi connectivity index (χ0n) is 10.3. The third-order valence-electron chi connectivity index (χ3n) is 2.69. The highest BCUT2D eigenvalue weighted by Gasteiger charge is 2.07. The molecule has 3 nitrogen and oxygen atoms in total. The number of aromatic amines is 1. The Kier molecular flexibility index (Phi) is 4.49. The van der Waals surface area contributed by atoms with Gasteiger partial charge in [-0.3, -0.25) is 0 Å². The number of nitrogens with one attached hydrogen (secondary N) is 1. The molecule has 0 saturated carbocycles. The average Bonchev–Trinajstić information content (AvgIpc) is 2.70. The van der Waals surface area contributed by atoms with E-state index in [1.165, 1.54) is 0 Å². The third-order valence-corrected chi connectivity index (χ3v) is 3.95. The molecule has 1 aromatic heterocycles. The van der Waals surface area contributed by atoms with E-state index < -0.39 is 0 Å². The molecule has 0 amide bonds. The van der Waals surface area contributed by atoms with E-state index in [0.717, 1.165) is 39.6 Å². The number of fused-ring (bicyclic) bond motifs is 1. The van der Waals surface area contributed by atoms with Gasteiger partial charge in [-0.1, -0.05) is 12.1 Å². The molecule has 18 heavy (non-hydrogen) atoms. The van der Waals surface area contributed by atoms with Crippen molar-refractivity contribution in [2.24, 2.45) is 0 Å². The molecule has 0 aliphatic heterocycles. The maximum atomic E-state index is 5.36. The van der Waals surface area contributed by atoms with Crippen LogP contribution < -0.4 is 4.74 Å². The smallest absolute Gasteiger partial charge is 0.178 e. The van der Waals surface area contributed by atoms with Crippen molar-refractivity contribution in [1.82, 2.24) is 9.55 Å². The fourth-order valence-corrected chi connectivity index (χ4v) is 2.81. The minimum atomic E-state index is 0.744. The molecule has 1 N–H and O–H groups in total. The second kappa shape index (κ2) is 6.11. The summed E-state index contributed by atoms with van der Waals surface area (Å²) >= 11 is 7.21. The molecule has 0 aliphatic carbocycles. The molecular formula is C13H16N2OS2. The van der Waals surface area contributed by atoms with Crippen LogP contribution in [-0.2, 0) is 6.54 Å². The van der Waals surface area contributed by atoms with Gasteiger partial charge in [0, 0.05) is 18.1 Å². The summed E-state index contributed by atoms with van der Waals surface area (Å²) in [6, 6.07) is 5.98. The van der Waals surface area contributed by atoms with E-state index in [4.69, 9.17) is 17.0 Å². The number of hydrogen-bond donors (Lipinski definition) is 1. The lowest BCUT2D eigenvalue weighted by Crippen LogP contribution is -2.00. The van der Waals surface area contributed by atoms with Crippen LogP contribution in [0.1, 0.15) is 0 Å². The summed E-state index contributed by atoms with van der Waals surface area (Å²) in [6.45, 7) is 4.61. The highest BCUT2D eigenvalue weighted by Crippen LogP contribution is 2.24. The zero-order valence-corrected chi connectivity index (χ0v) is 11.9. The van der Waals surface area contributed by atoms with E-state index in [1.54, 1.807) is 7.11 Å². The Balaban J connectivity index is 2.30. The standard InChI is InChI=1S/C13H16N2OS2/c1-3-8-18-9-7-15-10-5-4-6-11(16-2)12(10)14-13(15)17/h3-6H,1,7-9H2,2H3,(H,14,17). The molecule has 5 heteroatoms. The number of ether oxygens (including phenoxy) is 1. The van der Waals surface area contributed by atoms with Crippen LogP contribution in [0.4, 0.5) is 0 Å². The van der Waals surface area contributed by atoms with E-state index in [1.807, 2.05) is 30.0 Å². The Morgan fingerprint density at radius 2 is 2.39 bits per heavy atom. The number of imidazole rings is 1. The minimum Gasteiger partial charge on any atom is -0.494 e. The van der Waals surface area contributed by atoms with Gasteiger partial charge in [0.05, 0.1) is 12.6 Å². The third kappa shape index (κ3) is 2.62. The summed E-state index contributed by atoms with van der Waals surface area (Å²) in [5.41, 5.74) is 2.07. The molecule has 2 rings (SSSR count). The van der Waals surface area contributed by atoms with Gasteiger partial charge in [0.15, 0.2) is 4.77 Å². The topological polar surface area (TPSA) is 29.9 Å². The SMILES string of the molecule is C=CCSCCn1c(=S)[nH]c2c(OC)cccc21. The van der Waals surface area contributed by atoms with Crippen LogP contribution in [-0.4, -0.2) is 28.2 Å². The fourth-order valence-electron chi connectivity index (χ4n) is 1.87. The Bertz CT molecular complexity index is 601. The van der Waals surface area contributed by atoms with Crippen molar-refractivity contribution >= 4 is 35.0 Å². The van der Waals surface area contributed by atoms with Gasteiger partial charge in [-0.2, -0.15) is 11.8 Å². The normalized spacial score (nSPS) is 10.7. The fraction of sp³-hybridized carbons (Fsp3) is 0.308. The molecule has 1 aromatic carbocycles. The van der Waals surface area contributed by atoms with Crippen molar-refractivity contribution in [3.63, 3.8) is 0 Å². The monoisotopic (exact) mass is 280 g/mol. The lowest BCUT2D eigenvalue weighted by Gasteiger charge is -2.04. The van der Waals surface area contributed by atoms with E-state index in [2.05, 4.69) is 22.2 Å². The van der Waals surface area contributed by atoms with Gasteiger partial charge in [-0.05, 0) is 24.4 Å². The molecule has 0 spiro atoms. The largest absolute Gasteiger partial charge is 0.494 e. The molecule has 96 valence electrons. The number of para-hydroxylation sites is 1. The number of H-pyrrole nitrogens is 1. The number of aromatic nitrogens is 2. The lowest BCUT2D eigenvalue weighted by molar-refractivity contribution is 0.419. The number of nitrogens with zero attached hydrogens (tertiary/aromatic N) is 1. The molecule has 0 bridgehead atoms. The summed E-state index contributed by atoms with van der Waals surface area (Å²) in [5, 5.41) is 0. The number of aryl methyl sites for hydroxylation is 1. The zero-order chi connectivity index (χ0) is 13.0. The summed E-state index contributed by atoms with van der Waals surface area (Å²) in [7, 11) is 1.67. The number of benzene rings is 1. The molecule has 1 heterocycles. The Morgan fingerprint density at radius 1 is 1.56 bits per heavy atom. The number of thioether (sulfide) groups is 1. The van der Waals surface area contributed by atoms with Gasteiger partial charge in [-0.25, -0.2) is 0 Å². The van der Waals surface area contributed by atoms with Crippen LogP contribution in [0.25, 0.3) is 11.0 Å². The van der Waals surface area contributed by atoms with Gasteiger partial charge in [0.2, 0.25) is 0 Å². The Morgan fingerprint density at radius 3 is 3.11 bits per heavy atom. The summed E-state index contributed by atoms with van der Waals surface area (Å²) < 4.78 is 8.19. The molecule has 0 saturated heterocycles. The first-order valence-corrected chi connectivity index (χ1v) is 7.28. The quantitative estimate of drug-likeness (QED) is 0.498. The lowest BCUT2D eigenvalue weighted by atomic mass is 10.3. The van der Waals surface area contributed by atoms with E-state index >= 15 is 0 Å². The Hall–Kier alpha value is -1.20. The first-order valence-electron chi connectivity index (χ1n) is 5.72. The van der Waals surface area contributed by atoms with Crippen molar-refractivity contribution in [1.29, 1.82) is 0 Å². The van der Waals surface area contributed by atoms with E-state index in [9.17, 15) is 0 Å². The molecular weight excluding hydrogens is 264 g/mol. The molecule has 0 unspecified atom stereocenters. The van der Waals surface area contributed by atoms with Gasteiger partial charge < -0.3 is 14.3 Å². The first kappa shape index (κ1) is 13.2. The van der Waals surface area contributed by atoms with Crippen LogP contribution >= 0.6 is 24.0 Å². The first-order chi connectivity index (χ1) is 8.77. The van der Waals surface area contributed by atoms with Crippen LogP contribution in [0.15, 0.2) is 30.9 Å². The summed E-state index contributed by atoms with van der Waals surface area (Å²) in [4.78, 5) is 3.21. The van der Waals surface area contributed by atoms with Gasteiger partial charge >= 0.3 is 0 Å². The van der Waals surface area contributed by atoms with Crippen molar-refractivity contribution in [2.45, 2.75) is 6.54 Å².